The first kappa shape index (κ1) is 17.1. The van der Waals surface area contributed by atoms with E-state index in [1.54, 1.807) is 6.92 Å². The molecular formula is C14H15ClO6. The van der Waals surface area contributed by atoms with E-state index in [1.807, 2.05) is 0 Å². The molecule has 1 rings (SSSR count). The lowest BCUT2D eigenvalue weighted by Gasteiger charge is -2.14. The molecule has 2 atom stereocenters. The van der Waals surface area contributed by atoms with Crippen LogP contribution in [0.15, 0.2) is 18.2 Å². The Morgan fingerprint density at radius 2 is 1.95 bits per heavy atom. The number of aliphatic carboxylic acids is 1. The molecule has 0 radical (unpaired) electrons. The monoisotopic (exact) mass is 314 g/mol. The van der Waals surface area contributed by atoms with Crippen molar-refractivity contribution in [3.8, 4) is 0 Å². The average Bonchev–Trinajstić information content (AvgIpc) is 2.45. The van der Waals surface area contributed by atoms with E-state index in [9.17, 15) is 19.5 Å². The molecule has 2 N–H and O–H groups in total. The zero-order valence-corrected chi connectivity index (χ0v) is 12.3. The number of hydrogen-bond acceptors (Lipinski definition) is 5. The SMILES string of the molecule is CCOC(=O)c1ccc(C(O)C(=O)O)c(C(=O)C(C)Cl)c1. The maximum atomic E-state index is 12.0. The minimum Gasteiger partial charge on any atom is -0.479 e. The maximum Gasteiger partial charge on any atom is 0.338 e. The lowest BCUT2D eigenvalue weighted by molar-refractivity contribution is -0.146. The molecule has 1 aromatic carbocycles. The van der Waals surface area contributed by atoms with E-state index in [4.69, 9.17) is 21.4 Å². The van der Waals surface area contributed by atoms with Crippen molar-refractivity contribution >= 4 is 29.3 Å². The molecule has 2 unspecified atom stereocenters. The van der Waals surface area contributed by atoms with Crippen LogP contribution in [0.2, 0.25) is 0 Å². The molecule has 114 valence electrons. The number of esters is 1. The van der Waals surface area contributed by atoms with Gasteiger partial charge in [-0.3, -0.25) is 4.79 Å². The number of carbonyl (C=O) groups excluding carboxylic acids is 2. The van der Waals surface area contributed by atoms with E-state index in [1.165, 1.54) is 25.1 Å². The van der Waals surface area contributed by atoms with E-state index in [0.29, 0.717) is 0 Å². The Morgan fingerprint density at radius 3 is 2.43 bits per heavy atom. The van der Waals surface area contributed by atoms with Crippen molar-refractivity contribution < 1.29 is 29.3 Å². The predicted octanol–water partition coefficient (Wildman–Crippen LogP) is 1.79. The average molecular weight is 315 g/mol. The van der Waals surface area contributed by atoms with Crippen molar-refractivity contribution in [2.75, 3.05) is 6.61 Å². The van der Waals surface area contributed by atoms with Crippen molar-refractivity contribution in [2.24, 2.45) is 0 Å². The number of hydrogen-bond donors (Lipinski definition) is 2. The Hall–Kier alpha value is -1.92. The summed E-state index contributed by atoms with van der Waals surface area (Å²) >= 11 is 5.72. The number of aliphatic hydroxyl groups is 1. The van der Waals surface area contributed by atoms with Gasteiger partial charge in [-0.15, -0.1) is 11.6 Å². The number of alkyl halides is 1. The number of halogens is 1. The molecule has 0 saturated heterocycles. The number of ketones is 1. The van der Waals surface area contributed by atoms with Gasteiger partial charge in [0.15, 0.2) is 11.9 Å². The number of rotatable bonds is 6. The van der Waals surface area contributed by atoms with Gasteiger partial charge in [-0.2, -0.15) is 0 Å². The number of benzene rings is 1. The van der Waals surface area contributed by atoms with Crippen LogP contribution in [0.5, 0.6) is 0 Å². The molecule has 0 saturated carbocycles. The summed E-state index contributed by atoms with van der Waals surface area (Å²) in [7, 11) is 0. The van der Waals surface area contributed by atoms with Gasteiger partial charge < -0.3 is 14.9 Å². The molecule has 0 spiro atoms. The van der Waals surface area contributed by atoms with Crippen LogP contribution in [-0.4, -0.2) is 39.9 Å². The number of Topliss-reactive ketones (excluding diaryl/α,β-unsaturated/α-hetero) is 1. The van der Waals surface area contributed by atoms with E-state index < -0.39 is 29.2 Å². The fourth-order valence-electron chi connectivity index (χ4n) is 1.70. The molecule has 0 aliphatic rings. The Bertz CT molecular complexity index is 567. The number of ether oxygens (including phenoxy) is 1. The highest BCUT2D eigenvalue weighted by Gasteiger charge is 2.26. The highest BCUT2D eigenvalue weighted by Crippen LogP contribution is 2.23. The van der Waals surface area contributed by atoms with Crippen LogP contribution >= 0.6 is 11.6 Å². The van der Waals surface area contributed by atoms with E-state index in [-0.39, 0.29) is 23.3 Å². The summed E-state index contributed by atoms with van der Waals surface area (Å²) in [6.07, 6.45) is -1.88. The number of carboxylic acid groups (broad SMARTS) is 1. The fraction of sp³-hybridized carbons (Fsp3) is 0.357. The third kappa shape index (κ3) is 4.03. The van der Waals surface area contributed by atoms with E-state index >= 15 is 0 Å². The van der Waals surface area contributed by atoms with Gasteiger partial charge in [-0.05, 0) is 26.0 Å². The van der Waals surface area contributed by atoms with Crippen molar-refractivity contribution in [1.29, 1.82) is 0 Å². The fourth-order valence-corrected chi connectivity index (χ4v) is 1.81. The Kier molecular flexibility index (Phi) is 5.87. The second-order valence-electron chi connectivity index (χ2n) is 4.24. The number of aliphatic hydroxyl groups excluding tert-OH is 1. The lowest BCUT2D eigenvalue weighted by atomic mass is 9.95. The quantitative estimate of drug-likeness (QED) is 0.471. The van der Waals surface area contributed by atoms with Gasteiger partial charge in [0.1, 0.15) is 0 Å². The van der Waals surface area contributed by atoms with Gasteiger partial charge in [-0.1, -0.05) is 6.07 Å². The van der Waals surface area contributed by atoms with Gasteiger partial charge in [0, 0.05) is 11.1 Å². The summed E-state index contributed by atoms with van der Waals surface area (Å²) in [5.74, 6) is -2.74. The maximum absolute atomic E-state index is 12.0. The van der Waals surface area contributed by atoms with Crippen LogP contribution in [0.25, 0.3) is 0 Å². The first-order chi connectivity index (χ1) is 9.79. The standard InChI is InChI=1S/C14H15ClO6/c1-3-21-14(20)8-4-5-9(12(17)13(18)19)10(6-8)11(16)7(2)15/h4-7,12,17H,3H2,1-2H3,(H,18,19). The first-order valence-corrected chi connectivity index (χ1v) is 6.63. The van der Waals surface area contributed by atoms with E-state index in [2.05, 4.69) is 0 Å². The third-order valence-corrected chi connectivity index (χ3v) is 2.92. The largest absolute Gasteiger partial charge is 0.479 e. The van der Waals surface area contributed by atoms with Gasteiger partial charge >= 0.3 is 11.9 Å². The lowest BCUT2D eigenvalue weighted by Crippen LogP contribution is -2.20. The molecule has 0 aliphatic carbocycles. The van der Waals surface area contributed by atoms with Crippen molar-refractivity contribution in [2.45, 2.75) is 25.3 Å². The smallest absolute Gasteiger partial charge is 0.338 e. The van der Waals surface area contributed by atoms with Crippen molar-refractivity contribution in [1.82, 2.24) is 0 Å². The van der Waals surface area contributed by atoms with Gasteiger partial charge in [0.05, 0.1) is 17.5 Å². The van der Waals surface area contributed by atoms with Crippen LogP contribution in [-0.2, 0) is 9.53 Å². The zero-order valence-electron chi connectivity index (χ0n) is 11.5. The molecule has 0 heterocycles. The third-order valence-electron chi connectivity index (χ3n) is 2.72. The molecule has 0 aromatic heterocycles. The molecule has 7 heteroatoms. The minimum absolute atomic E-state index is 0.0823. The van der Waals surface area contributed by atoms with Gasteiger partial charge in [0.2, 0.25) is 0 Å². The normalized spacial score (nSPS) is 13.3. The van der Waals surface area contributed by atoms with E-state index in [0.717, 1.165) is 0 Å². The van der Waals surface area contributed by atoms with Crippen LogP contribution in [0, 0.1) is 0 Å². The van der Waals surface area contributed by atoms with Crippen LogP contribution in [0.4, 0.5) is 0 Å². The van der Waals surface area contributed by atoms with Crippen LogP contribution in [0.3, 0.4) is 0 Å². The molecule has 0 amide bonds. The second-order valence-corrected chi connectivity index (χ2v) is 4.90. The predicted molar refractivity (Wildman–Crippen MR) is 74.6 cm³/mol. The molecule has 21 heavy (non-hydrogen) atoms. The summed E-state index contributed by atoms with van der Waals surface area (Å²) < 4.78 is 4.81. The van der Waals surface area contributed by atoms with Gasteiger partial charge in [-0.25, -0.2) is 9.59 Å². The molecular weight excluding hydrogens is 300 g/mol. The number of carboxylic acids is 1. The summed E-state index contributed by atoms with van der Waals surface area (Å²) in [5.41, 5.74) is -0.148. The summed E-state index contributed by atoms with van der Waals surface area (Å²) in [4.78, 5) is 34.6. The molecule has 0 bridgehead atoms. The summed E-state index contributed by atoms with van der Waals surface area (Å²) in [6.45, 7) is 3.21. The first-order valence-electron chi connectivity index (χ1n) is 6.19. The highest BCUT2D eigenvalue weighted by molar-refractivity contribution is 6.33. The van der Waals surface area contributed by atoms with Crippen LogP contribution < -0.4 is 0 Å². The van der Waals surface area contributed by atoms with Crippen molar-refractivity contribution in [3.05, 3.63) is 34.9 Å². The zero-order chi connectivity index (χ0) is 16.2. The van der Waals surface area contributed by atoms with Crippen molar-refractivity contribution in [3.63, 3.8) is 0 Å². The molecule has 1 aromatic rings. The topological polar surface area (TPSA) is 101 Å². The van der Waals surface area contributed by atoms with Gasteiger partial charge in [0.25, 0.3) is 0 Å². The Morgan fingerprint density at radius 1 is 1.33 bits per heavy atom. The highest BCUT2D eigenvalue weighted by atomic mass is 35.5. The molecule has 0 aliphatic heterocycles. The summed E-state index contributed by atoms with van der Waals surface area (Å²) in [5, 5.41) is 17.6. The molecule has 6 nitrogen and oxygen atoms in total. The second kappa shape index (κ2) is 7.19. The minimum atomic E-state index is -1.88. The number of carbonyl (C=O) groups is 3. The van der Waals surface area contributed by atoms with Crippen LogP contribution in [0.1, 0.15) is 46.2 Å². The Labute approximate surface area is 126 Å². The Balaban J connectivity index is 3.36. The molecule has 0 fully saturated rings. The summed E-state index contributed by atoms with van der Waals surface area (Å²) in [6, 6.07) is 3.67.